The van der Waals surface area contributed by atoms with Crippen LogP contribution in [0.2, 0.25) is 0 Å². The highest BCUT2D eigenvalue weighted by Gasteiger charge is 2.25. The van der Waals surface area contributed by atoms with E-state index >= 15 is 0 Å². The molecule has 8 heteroatoms. The normalized spacial score (nSPS) is 11.7. The van der Waals surface area contributed by atoms with Crippen LogP contribution in [0.25, 0.3) is 21.1 Å². The van der Waals surface area contributed by atoms with E-state index in [1.165, 1.54) is 16.0 Å². The fourth-order valence-electron chi connectivity index (χ4n) is 3.52. The number of nitrogens with zero attached hydrogens (tertiary/aromatic N) is 3. The Morgan fingerprint density at radius 2 is 2.18 bits per heavy atom. The van der Waals surface area contributed by atoms with Crippen molar-refractivity contribution < 1.29 is 9.90 Å². The Morgan fingerprint density at radius 1 is 1.39 bits per heavy atom. The quantitative estimate of drug-likeness (QED) is 0.539. The number of thiophene rings is 1. The van der Waals surface area contributed by atoms with E-state index < -0.39 is 5.97 Å². The number of carbonyl (C=O) groups is 1. The minimum absolute atomic E-state index is 0.0891. The molecule has 144 valence electrons. The first-order valence-electron chi connectivity index (χ1n) is 9.02. The van der Waals surface area contributed by atoms with Gasteiger partial charge in [-0.1, -0.05) is 13.8 Å². The Labute approximate surface area is 164 Å². The van der Waals surface area contributed by atoms with Crippen molar-refractivity contribution in [2.24, 2.45) is 13.0 Å². The summed E-state index contributed by atoms with van der Waals surface area (Å²) in [5, 5.41) is 15.5. The van der Waals surface area contributed by atoms with Crippen LogP contribution in [0.5, 0.6) is 0 Å². The number of aromatic amines is 1. The zero-order valence-corrected chi connectivity index (χ0v) is 16.6. The molecule has 0 spiro atoms. The molecule has 4 rings (SSSR count). The molecular formula is C20H20N4O3S. The molecule has 28 heavy (non-hydrogen) atoms. The summed E-state index contributed by atoms with van der Waals surface area (Å²) in [5.41, 5.74) is 2.20. The fourth-order valence-corrected chi connectivity index (χ4v) is 4.82. The molecular weight excluding hydrogens is 376 g/mol. The highest BCUT2D eigenvalue weighted by molar-refractivity contribution is 7.19. The number of nitrogens with one attached hydrogen (secondary N) is 1. The van der Waals surface area contributed by atoms with Crippen molar-refractivity contribution in [1.82, 2.24) is 19.7 Å². The standard InChI is InChI=1S/C20H20N4O3S/c1-10(2)7-13-17-16(19(25)24(3)23-13)15(20(26)27)14(28-17)8-11-9-22-18-12(11)5-4-6-21-18/h4-6,9-10H,7-8H2,1-3H3,(H,21,22)(H,26,27). The van der Waals surface area contributed by atoms with Crippen molar-refractivity contribution in [3.63, 3.8) is 0 Å². The third kappa shape index (κ3) is 2.99. The SMILES string of the molecule is CC(C)Cc1nn(C)c(=O)c2c(C(=O)O)c(Cc3c[nH]c4ncccc34)sc12. The number of hydrogen-bond donors (Lipinski definition) is 2. The number of fused-ring (bicyclic) bond motifs is 2. The summed E-state index contributed by atoms with van der Waals surface area (Å²) in [6.07, 6.45) is 4.65. The van der Waals surface area contributed by atoms with E-state index in [-0.39, 0.29) is 16.5 Å². The van der Waals surface area contributed by atoms with Gasteiger partial charge in [0, 0.05) is 36.1 Å². The van der Waals surface area contributed by atoms with Gasteiger partial charge in [-0.25, -0.2) is 14.5 Å². The predicted octanol–water partition coefficient (Wildman–Crippen LogP) is 3.36. The first-order valence-corrected chi connectivity index (χ1v) is 9.84. The summed E-state index contributed by atoms with van der Waals surface area (Å²) in [5.74, 6) is -0.746. The molecule has 0 amide bonds. The molecule has 7 nitrogen and oxygen atoms in total. The largest absolute Gasteiger partial charge is 0.478 e. The molecule has 0 atom stereocenters. The molecule has 2 N–H and O–H groups in total. The highest BCUT2D eigenvalue weighted by atomic mass is 32.1. The molecule has 0 radical (unpaired) electrons. The van der Waals surface area contributed by atoms with Crippen molar-refractivity contribution in [2.45, 2.75) is 26.7 Å². The number of aromatic nitrogens is 4. The lowest BCUT2D eigenvalue weighted by atomic mass is 10.0. The highest BCUT2D eigenvalue weighted by Crippen LogP contribution is 2.34. The van der Waals surface area contributed by atoms with Crippen LogP contribution in [0.3, 0.4) is 0 Å². The van der Waals surface area contributed by atoms with Crippen LogP contribution in [0.15, 0.2) is 29.3 Å². The summed E-state index contributed by atoms with van der Waals surface area (Å²) < 4.78 is 1.93. The summed E-state index contributed by atoms with van der Waals surface area (Å²) in [6, 6.07) is 3.80. The monoisotopic (exact) mass is 396 g/mol. The van der Waals surface area contributed by atoms with Crippen LogP contribution in [0.1, 0.15) is 40.3 Å². The molecule has 0 aliphatic heterocycles. The van der Waals surface area contributed by atoms with Gasteiger partial charge < -0.3 is 10.1 Å². The number of rotatable bonds is 5. The minimum atomic E-state index is -1.09. The van der Waals surface area contributed by atoms with Gasteiger partial charge in [0.2, 0.25) is 0 Å². The van der Waals surface area contributed by atoms with Gasteiger partial charge in [0.15, 0.2) is 0 Å². The Kier molecular flexibility index (Phi) is 4.50. The zero-order valence-electron chi connectivity index (χ0n) is 15.8. The van der Waals surface area contributed by atoms with Crippen LogP contribution < -0.4 is 5.56 Å². The van der Waals surface area contributed by atoms with Crippen molar-refractivity contribution in [2.75, 3.05) is 0 Å². The fraction of sp³-hybridized carbons (Fsp3) is 0.300. The van der Waals surface area contributed by atoms with E-state index in [9.17, 15) is 14.7 Å². The van der Waals surface area contributed by atoms with Crippen LogP contribution in [-0.4, -0.2) is 30.8 Å². The first-order chi connectivity index (χ1) is 13.4. The number of hydrogen-bond acceptors (Lipinski definition) is 5. The number of aromatic carboxylic acids is 1. The van der Waals surface area contributed by atoms with E-state index in [0.717, 1.165) is 22.3 Å². The summed E-state index contributed by atoms with van der Waals surface area (Å²) >= 11 is 1.36. The van der Waals surface area contributed by atoms with Gasteiger partial charge in [-0.3, -0.25) is 4.79 Å². The topological polar surface area (TPSA) is 101 Å². The second-order valence-corrected chi connectivity index (χ2v) is 8.38. The third-order valence-electron chi connectivity index (χ3n) is 4.73. The third-order valence-corrected chi connectivity index (χ3v) is 5.96. The molecule has 0 saturated carbocycles. The maximum Gasteiger partial charge on any atom is 0.337 e. The van der Waals surface area contributed by atoms with Gasteiger partial charge in [0.1, 0.15) is 5.65 Å². The lowest BCUT2D eigenvalue weighted by Gasteiger charge is -2.07. The smallest absolute Gasteiger partial charge is 0.337 e. The van der Waals surface area contributed by atoms with E-state index in [0.29, 0.717) is 28.3 Å². The molecule has 4 aromatic rings. The Hall–Kier alpha value is -3.00. The molecule has 0 aromatic carbocycles. The van der Waals surface area contributed by atoms with E-state index in [4.69, 9.17) is 0 Å². The second-order valence-electron chi connectivity index (χ2n) is 7.27. The molecule has 0 bridgehead atoms. The molecule has 4 aromatic heterocycles. The maximum atomic E-state index is 12.7. The molecule has 0 aliphatic rings. The summed E-state index contributed by atoms with van der Waals surface area (Å²) in [4.78, 5) is 32.9. The average molecular weight is 396 g/mol. The molecule has 0 saturated heterocycles. The van der Waals surface area contributed by atoms with Crippen LogP contribution in [-0.2, 0) is 19.9 Å². The van der Waals surface area contributed by atoms with Crippen LogP contribution in [0, 0.1) is 5.92 Å². The Bertz CT molecular complexity index is 1270. The number of carboxylic acid groups (broad SMARTS) is 1. The van der Waals surface area contributed by atoms with Crippen molar-refractivity contribution in [3.8, 4) is 0 Å². The van der Waals surface area contributed by atoms with Gasteiger partial charge >= 0.3 is 5.97 Å². The zero-order chi connectivity index (χ0) is 20.0. The van der Waals surface area contributed by atoms with Crippen LogP contribution >= 0.6 is 11.3 Å². The molecule has 4 heterocycles. The number of carboxylic acids is 1. The Balaban J connectivity index is 1.95. The van der Waals surface area contributed by atoms with Crippen LogP contribution in [0.4, 0.5) is 0 Å². The van der Waals surface area contributed by atoms with Gasteiger partial charge in [-0.05, 0) is 30.0 Å². The van der Waals surface area contributed by atoms with E-state index in [1.54, 1.807) is 13.2 Å². The van der Waals surface area contributed by atoms with Crippen molar-refractivity contribution >= 4 is 38.4 Å². The molecule has 0 unspecified atom stereocenters. The Morgan fingerprint density at radius 3 is 2.89 bits per heavy atom. The lowest BCUT2D eigenvalue weighted by Crippen LogP contribution is -2.22. The molecule has 0 aliphatic carbocycles. The van der Waals surface area contributed by atoms with Gasteiger partial charge in [-0.15, -0.1) is 11.3 Å². The molecule has 0 fully saturated rings. The minimum Gasteiger partial charge on any atom is -0.478 e. The van der Waals surface area contributed by atoms with E-state index in [1.807, 2.05) is 18.3 Å². The number of aryl methyl sites for hydroxylation is 1. The van der Waals surface area contributed by atoms with Crippen molar-refractivity contribution in [3.05, 3.63) is 56.6 Å². The predicted molar refractivity (Wildman–Crippen MR) is 109 cm³/mol. The van der Waals surface area contributed by atoms with Gasteiger partial charge in [0.25, 0.3) is 5.56 Å². The summed E-state index contributed by atoms with van der Waals surface area (Å²) in [6.45, 7) is 4.15. The van der Waals surface area contributed by atoms with Gasteiger partial charge in [0.05, 0.1) is 21.3 Å². The van der Waals surface area contributed by atoms with Gasteiger partial charge in [-0.2, -0.15) is 5.10 Å². The number of H-pyrrole nitrogens is 1. The number of pyridine rings is 1. The summed E-state index contributed by atoms with van der Waals surface area (Å²) in [7, 11) is 1.57. The maximum absolute atomic E-state index is 12.7. The average Bonchev–Trinajstić information content (AvgIpc) is 3.22. The van der Waals surface area contributed by atoms with Crippen molar-refractivity contribution in [1.29, 1.82) is 0 Å². The first kappa shape index (κ1) is 18.4. The lowest BCUT2D eigenvalue weighted by molar-refractivity contribution is 0.0698. The van der Waals surface area contributed by atoms with E-state index in [2.05, 4.69) is 28.9 Å². The second kappa shape index (κ2) is 6.87.